The molecule has 0 saturated heterocycles. The summed E-state index contributed by atoms with van der Waals surface area (Å²) in [6.07, 6.45) is 1.42. The lowest BCUT2D eigenvalue weighted by molar-refractivity contribution is -0.124. The minimum atomic E-state index is -0.616. The maximum absolute atomic E-state index is 12.6. The zero-order chi connectivity index (χ0) is 21.6. The van der Waals surface area contributed by atoms with E-state index in [1.807, 2.05) is 31.1 Å². The third-order valence-corrected chi connectivity index (χ3v) is 4.45. The average molecular weight is 402 g/mol. The Labute approximate surface area is 172 Å². The Morgan fingerprint density at radius 1 is 1.17 bits per heavy atom. The molecule has 29 heavy (non-hydrogen) atoms. The van der Waals surface area contributed by atoms with Gasteiger partial charge in [-0.25, -0.2) is 4.79 Å². The van der Waals surface area contributed by atoms with Crippen molar-refractivity contribution < 1.29 is 19.1 Å². The number of nitrogens with zero attached hydrogens (tertiary/aromatic N) is 1. The number of carbonyl (C=O) groups is 3. The lowest BCUT2D eigenvalue weighted by atomic mass is 9.79. The summed E-state index contributed by atoms with van der Waals surface area (Å²) >= 11 is 0. The van der Waals surface area contributed by atoms with Crippen LogP contribution in [0.3, 0.4) is 0 Å². The molecule has 158 valence electrons. The molecule has 0 unspecified atom stereocenters. The van der Waals surface area contributed by atoms with Crippen LogP contribution in [0.15, 0.2) is 36.0 Å². The molecule has 1 aromatic carbocycles. The van der Waals surface area contributed by atoms with Crippen LogP contribution in [-0.4, -0.2) is 55.3 Å². The topological polar surface area (TPSA) is 87.7 Å². The molecule has 0 heterocycles. The van der Waals surface area contributed by atoms with Gasteiger partial charge in [0.1, 0.15) is 5.60 Å². The lowest BCUT2D eigenvalue weighted by Gasteiger charge is -2.25. The Morgan fingerprint density at radius 3 is 2.38 bits per heavy atom. The van der Waals surface area contributed by atoms with E-state index in [-0.39, 0.29) is 35.9 Å². The Kier molecular flexibility index (Phi) is 7.56. The lowest BCUT2D eigenvalue weighted by Crippen LogP contribution is -2.30. The smallest absolute Gasteiger partial charge is 0.412 e. The highest BCUT2D eigenvalue weighted by molar-refractivity contribution is 6.22. The van der Waals surface area contributed by atoms with Crippen LogP contribution >= 0.6 is 0 Å². The molecule has 1 aliphatic carbocycles. The Bertz CT molecular complexity index is 773. The van der Waals surface area contributed by atoms with Crippen LogP contribution in [0, 0.1) is 0 Å². The molecule has 0 bridgehead atoms. The first kappa shape index (κ1) is 22.6. The van der Waals surface area contributed by atoms with Crippen LogP contribution in [0.2, 0.25) is 0 Å². The van der Waals surface area contributed by atoms with E-state index in [0.717, 1.165) is 12.1 Å². The van der Waals surface area contributed by atoms with Gasteiger partial charge in [-0.15, -0.1) is 0 Å². The van der Waals surface area contributed by atoms with Crippen LogP contribution in [0.4, 0.5) is 10.5 Å². The van der Waals surface area contributed by atoms with Gasteiger partial charge >= 0.3 is 6.09 Å². The number of Topliss-reactive ketones (excluding diaryl/α,β-unsaturated/α-hetero) is 2. The molecule has 0 aromatic heterocycles. The molecule has 0 atom stereocenters. The molecule has 1 saturated carbocycles. The Balaban J connectivity index is 2.09. The van der Waals surface area contributed by atoms with Crippen molar-refractivity contribution in [1.29, 1.82) is 0 Å². The van der Waals surface area contributed by atoms with Crippen LogP contribution in [0.25, 0.3) is 0 Å². The predicted molar refractivity (Wildman–Crippen MR) is 113 cm³/mol. The molecular formula is C22H31N3O4. The van der Waals surface area contributed by atoms with Crippen molar-refractivity contribution >= 4 is 23.3 Å². The number of hydrogen-bond donors (Lipinski definition) is 2. The van der Waals surface area contributed by atoms with Gasteiger partial charge in [-0.2, -0.15) is 0 Å². The van der Waals surface area contributed by atoms with Gasteiger partial charge in [-0.3, -0.25) is 14.9 Å². The number of para-hydroxylation sites is 1. The number of rotatable bonds is 6. The third kappa shape index (κ3) is 7.02. The first-order valence-electron chi connectivity index (χ1n) is 9.80. The highest BCUT2D eigenvalue weighted by Gasteiger charge is 2.32. The SMILES string of the molecule is CN(C)CCNC=C1C(=O)CC(c2ccccc2NC(=O)OC(C)(C)C)CC1=O. The fourth-order valence-electron chi connectivity index (χ4n) is 3.12. The number of anilines is 1. The first-order chi connectivity index (χ1) is 13.6. The summed E-state index contributed by atoms with van der Waals surface area (Å²) in [5.41, 5.74) is 0.927. The quantitative estimate of drug-likeness (QED) is 0.433. The summed E-state index contributed by atoms with van der Waals surface area (Å²) < 4.78 is 5.31. The second kappa shape index (κ2) is 9.69. The number of amides is 1. The number of nitrogens with one attached hydrogen (secondary N) is 2. The van der Waals surface area contributed by atoms with Gasteiger partial charge in [0.2, 0.25) is 0 Å². The molecule has 0 aliphatic heterocycles. The van der Waals surface area contributed by atoms with Crippen LogP contribution < -0.4 is 10.6 Å². The van der Waals surface area contributed by atoms with E-state index in [2.05, 4.69) is 10.6 Å². The summed E-state index contributed by atoms with van der Waals surface area (Å²) in [5, 5.41) is 5.78. The molecule has 7 nitrogen and oxygen atoms in total. The molecule has 1 aromatic rings. The molecule has 1 amide bonds. The number of likely N-dealkylation sites (N-methyl/N-ethyl adjacent to an activating group) is 1. The molecule has 2 rings (SSSR count). The summed E-state index contributed by atoms with van der Waals surface area (Å²) in [4.78, 5) is 39.3. The minimum Gasteiger partial charge on any atom is -0.444 e. The predicted octanol–water partition coefficient (Wildman–Crippen LogP) is 3.08. The van der Waals surface area contributed by atoms with Crippen molar-refractivity contribution in [3.63, 3.8) is 0 Å². The van der Waals surface area contributed by atoms with Crippen molar-refractivity contribution in [2.24, 2.45) is 0 Å². The van der Waals surface area contributed by atoms with Crippen molar-refractivity contribution in [1.82, 2.24) is 10.2 Å². The molecule has 1 fully saturated rings. The molecule has 0 radical (unpaired) electrons. The van der Waals surface area contributed by atoms with Gasteiger partial charge in [-0.1, -0.05) is 18.2 Å². The van der Waals surface area contributed by atoms with E-state index < -0.39 is 11.7 Å². The number of hydrogen-bond acceptors (Lipinski definition) is 6. The summed E-state index contributed by atoms with van der Waals surface area (Å²) in [7, 11) is 3.91. The number of ketones is 2. The zero-order valence-electron chi connectivity index (χ0n) is 17.9. The van der Waals surface area contributed by atoms with Crippen LogP contribution in [0.1, 0.15) is 45.1 Å². The summed E-state index contributed by atoms with van der Waals surface area (Å²) in [6, 6.07) is 7.21. The highest BCUT2D eigenvalue weighted by Crippen LogP contribution is 2.35. The third-order valence-electron chi connectivity index (χ3n) is 4.45. The van der Waals surface area contributed by atoms with Gasteiger partial charge < -0.3 is 15.0 Å². The Morgan fingerprint density at radius 2 is 1.79 bits per heavy atom. The van der Waals surface area contributed by atoms with E-state index in [9.17, 15) is 14.4 Å². The largest absolute Gasteiger partial charge is 0.444 e. The standard InChI is InChI=1S/C22H31N3O4/c1-22(2,3)29-21(28)24-18-9-7-6-8-16(18)15-12-19(26)17(20(27)13-15)14-23-10-11-25(4)5/h6-9,14-15,23H,10-13H2,1-5H3,(H,24,28). The monoisotopic (exact) mass is 401 g/mol. The first-order valence-corrected chi connectivity index (χ1v) is 9.80. The Hall–Kier alpha value is -2.67. The fourth-order valence-corrected chi connectivity index (χ4v) is 3.12. The van der Waals surface area contributed by atoms with E-state index >= 15 is 0 Å². The van der Waals surface area contributed by atoms with Crippen LogP contribution in [-0.2, 0) is 14.3 Å². The average Bonchev–Trinajstić information content (AvgIpc) is 2.58. The van der Waals surface area contributed by atoms with Crippen molar-refractivity contribution in [2.45, 2.75) is 45.1 Å². The maximum atomic E-state index is 12.6. The highest BCUT2D eigenvalue weighted by atomic mass is 16.6. The molecular weight excluding hydrogens is 370 g/mol. The van der Waals surface area contributed by atoms with E-state index in [1.165, 1.54) is 6.20 Å². The molecule has 2 N–H and O–H groups in total. The second-order valence-electron chi connectivity index (χ2n) is 8.48. The van der Waals surface area contributed by atoms with Crippen molar-refractivity contribution in [3.05, 3.63) is 41.6 Å². The fraction of sp³-hybridized carbons (Fsp3) is 0.500. The zero-order valence-corrected chi connectivity index (χ0v) is 17.9. The molecule has 1 aliphatic rings. The number of allylic oxidation sites excluding steroid dienone is 1. The van der Waals surface area contributed by atoms with Gasteiger partial charge in [-0.05, 0) is 46.5 Å². The number of benzene rings is 1. The maximum Gasteiger partial charge on any atom is 0.412 e. The number of ether oxygens (including phenoxy) is 1. The van der Waals surface area contributed by atoms with E-state index in [0.29, 0.717) is 12.2 Å². The molecule has 0 spiro atoms. The van der Waals surface area contributed by atoms with Gasteiger partial charge in [0.25, 0.3) is 0 Å². The molecule has 7 heteroatoms. The van der Waals surface area contributed by atoms with Gasteiger partial charge in [0.15, 0.2) is 11.6 Å². The van der Waals surface area contributed by atoms with Crippen molar-refractivity contribution in [2.75, 3.05) is 32.5 Å². The second-order valence-corrected chi connectivity index (χ2v) is 8.48. The van der Waals surface area contributed by atoms with Crippen molar-refractivity contribution in [3.8, 4) is 0 Å². The van der Waals surface area contributed by atoms with Gasteiger partial charge in [0, 0.05) is 43.7 Å². The normalized spacial score (nSPS) is 17.3. The minimum absolute atomic E-state index is 0.185. The van der Waals surface area contributed by atoms with E-state index in [4.69, 9.17) is 4.74 Å². The summed E-state index contributed by atoms with van der Waals surface area (Å²) in [5.74, 6) is -0.647. The van der Waals surface area contributed by atoms with E-state index in [1.54, 1.807) is 32.9 Å². The van der Waals surface area contributed by atoms with Crippen LogP contribution in [0.5, 0.6) is 0 Å². The van der Waals surface area contributed by atoms with Gasteiger partial charge in [0.05, 0.1) is 5.57 Å². The number of carbonyl (C=O) groups excluding carboxylic acids is 3. The summed E-state index contributed by atoms with van der Waals surface area (Å²) in [6.45, 7) is 6.83.